The first-order valence-electron chi connectivity index (χ1n) is 11.3. The smallest absolute Gasteiger partial charge is 0.252 e. The summed E-state index contributed by atoms with van der Waals surface area (Å²) in [6.07, 6.45) is 3.26. The summed E-state index contributed by atoms with van der Waals surface area (Å²) in [6, 6.07) is 12.2. The summed E-state index contributed by atoms with van der Waals surface area (Å²) in [4.78, 5) is 18.6. The van der Waals surface area contributed by atoms with Crippen LogP contribution in [0.5, 0.6) is 11.5 Å². The van der Waals surface area contributed by atoms with Gasteiger partial charge in [-0.15, -0.1) is 0 Å². The number of amides is 1. The zero-order valence-electron chi connectivity index (χ0n) is 20.0. The largest absolute Gasteiger partial charge is 0.493 e. The molecule has 0 radical (unpaired) electrons. The molecule has 1 aromatic heterocycles. The van der Waals surface area contributed by atoms with Gasteiger partial charge in [0.15, 0.2) is 16.3 Å². The van der Waals surface area contributed by atoms with Crippen LogP contribution in [0.3, 0.4) is 0 Å². The van der Waals surface area contributed by atoms with E-state index in [1.807, 2.05) is 23.0 Å². The molecule has 1 unspecified atom stereocenters. The number of piperidine rings is 1. The van der Waals surface area contributed by atoms with Crippen LogP contribution in [0.25, 0.3) is 10.2 Å². The lowest BCUT2D eigenvalue weighted by molar-refractivity contribution is -0.122. The van der Waals surface area contributed by atoms with E-state index in [2.05, 4.69) is 4.99 Å². The van der Waals surface area contributed by atoms with Gasteiger partial charge < -0.3 is 14.0 Å². The molecule has 35 heavy (non-hydrogen) atoms. The van der Waals surface area contributed by atoms with E-state index in [9.17, 15) is 13.2 Å². The first-order valence-corrected chi connectivity index (χ1v) is 14.9. The van der Waals surface area contributed by atoms with Crippen molar-refractivity contribution in [2.75, 3.05) is 39.3 Å². The summed E-state index contributed by atoms with van der Waals surface area (Å²) < 4.78 is 41.4. The lowest BCUT2D eigenvalue weighted by Gasteiger charge is -2.30. The number of aryl methyl sites for hydroxylation is 1. The highest BCUT2D eigenvalue weighted by Gasteiger charge is 2.33. The maximum absolute atomic E-state index is 13.3. The fourth-order valence-electron chi connectivity index (χ4n) is 4.17. The maximum atomic E-state index is 13.3. The Bertz CT molecular complexity index is 1370. The van der Waals surface area contributed by atoms with Crippen molar-refractivity contribution < 1.29 is 22.7 Å². The van der Waals surface area contributed by atoms with Crippen LogP contribution in [0.2, 0.25) is 0 Å². The standard InChI is InChI=1S/C24H29N3O5S3/c1-31-20-14-19-22(15-21(20)32-2)34-24(27(19)12-13-33-3)25-23(28)17-8-7-11-26(16-17)35(29,30)18-9-5-4-6-10-18/h4-6,9-10,14-15,17H,7-8,11-13,16H2,1-3H3. The Kier molecular flexibility index (Phi) is 8.20. The molecule has 1 saturated heterocycles. The summed E-state index contributed by atoms with van der Waals surface area (Å²) in [7, 11) is -0.469. The number of sulfonamides is 1. The minimum absolute atomic E-state index is 0.136. The van der Waals surface area contributed by atoms with Crippen molar-refractivity contribution in [1.82, 2.24) is 8.87 Å². The van der Waals surface area contributed by atoms with Crippen molar-refractivity contribution in [1.29, 1.82) is 0 Å². The fourth-order valence-corrected chi connectivity index (χ4v) is 7.15. The minimum Gasteiger partial charge on any atom is -0.493 e. The van der Waals surface area contributed by atoms with Crippen LogP contribution in [-0.2, 0) is 21.4 Å². The van der Waals surface area contributed by atoms with E-state index in [0.29, 0.717) is 42.2 Å². The predicted octanol–water partition coefficient (Wildman–Crippen LogP) is 3.61. The predicted molar refractivity (Wildman–Crippen MR) is 140 cm³/mol. The number of rotatable bonds is 8. The molecule has 2 heterocycles. The Morgan fingerprint density at radius 3 is 2.57 bits per heavy atom. The molecule has 1 atom stereocenters. The van der Waals surface area contributed by atoms with Crippen LogP contribution in [-0.4, -0.2) is 62.5 Å². The molecular weight excluding hydrogens is 506 g/mol. The van der Waals surface area contributed by atoms with Crippen LogP contribution in [0.4, 0.5) is 0 Å². The van der Waals surface area contributed by atoms with Gasteiger partial charge in [0.25, 0.3) is 5.91 Å². The number of carbonyl (C=O) groups is 1. The molecule has 0 bridgehead atoms. The molecule has 0 saturated carbocycles. The molecular formula is C24H29N3O5S3. The van der Waals surface area contributed by atoms with E-state index in [4.69, 9.17) is 9.47 Å². The van der Waals surface area contributed by atoms with Crippen molar-refractivity contribution in [2.45, 2.75) is 24.3 Å². The number of methoxy groups -OCH3 is 2. The van der Waals surface area contributed by atoms with Crippen molar-refractivity contribution in [3.8, 4) is 11.5 Å². The lowest BCUT2D eigenvalue weighted by atomic mass is 9.99. The van der Waals surface area contributed by atoms with Gasteiger partial charge in [-0.2, -0.15) is 21.1 Å². The zero-order valence-corrected chi connectivity index (χ0v) is 22.4. The topological polar surface area (TPSA) is 90.2 Å². The highest BCUT2D eigenvalue weighted by atomic mass is 32.2. The van der Waals surface area contributed by atoms with Gasteiger partial charge in [-0.1, -0.05) is 29.5 Å². The SMILES string of the molecule is COc1cc2sc(=NC(=O)C3CCCN(S(=O)(=O)c4ccccc4)C3)n(CCSC)c2cc1OC. The molecule has 0 aliphatic carbocycles. The monoisotopic (exact) mass is 535 g/mol. The number of aromatic nitrogens is 1. The van der Waals surface area contributed by atoms with Crippen LogP contribution >= 0.6 is 23.1 Å². The van der Waals surface area contributed by atoms with Crippen molar-refractivity contribution in [3.63, 3.8) is 0 Å². The van der Waals surface area contributed by atoms with E-state index < -0.39 is 15.9 Å². The van der Waals surface area contributed by atoms with Gasteiger partial charge in [-0.3, -0.25) is 4.79 Å². The van der Waals surface area contributed by atoms with Gasteiger partial charge in [-0.05, 0) is 31.2 Å². The van der Waals surface area contributed by atoms with Crippen LogP contribution in [0.1, 0.15) is 12.8 Å². The Morgan fingerprint density at radius 2 is 1.89 bits per heavy atom. The number of thiazole rings is 1. The van der Waals surface area contributed by atoms with Crippen LogP contribution < -0.4 is 14.3 Å². The number of ether oxygens (including phenoxy) is 2. The molecule has 1 aliphatic rings. The number of hydrogen-bond donors (Lipinski definition) is 0. The molecule has 8 nitrogen and oxygen atoms in total. The van der Waals surface area contributed by atoms with Crippen molar-refractivity contribution in [2.24, 2.45) is 10.9 Å². The third-order valence-electron chi connectivity index (χ3n) is 6.03. The van der Waals surface area contributed by atoms with Crippen molar-refractivity contribution in [3.05, 3.63) is 47.3 Å². The third-order valence-corrected chi connectivity index (χ3v) is 9.54. The summed E-state index contributed by atoms with van der Waals surface area (Å²) in [5, 5.41) is 0. The first kappa shape index (κ1) is 25.7. The number of thioether (sulfide) groups is 1. The summed E-state index contributed by atoms with van der Waals surface area (Å²) >= 11 is 3.13. The van der Waals surface area contributed by atoms with Gasteiger partial charge in [0.2, 0.25) is 10.0 Å². The van der Waals surface area contributed by atoms with Crippen LogP contribution in [0, 0.1) is 5.92 Å². The Morgan fingerprint density at radius 1 is 1.17 bits per heavy atom. The molecule has 4 rings (SSSR count). The van der Waals surface area contributed by atoms with Crippen LogP contribution in [0.15, 0.2) is 52.4 Å². The second kappa shape index (κ2) is 11.2. The van der Waals surface area contributed by atoms with E-state index in [-0.39, 0.29) is 17.3 Å². The average molecular weight is 536 g/mol. The van der Waals surface area contributed by atoms with Gasteiger partial charge >= 0.3 is 0 Å². The molecule has 1 aliphatic heterocycles. The normalized spacial score (nSPS) is 17.6. The molecule has 11 heteroatoms. The second-order valence-corrected chi connectivity index (χ2v) is 12.1. The summed E-state index contributed by atoms with van der Waals surface area (Å²) in [5.41, 5.74) is 0.921. The van der Waals surface area contributed by atoms with Gasteiger partial charge in [-0.25, -0.2) is 8.42 Å². The molecule has 3 aromatic rings. The van der Waals surface area contributed by atoms with Gasteiger partial charge in [0.1, 0.15) is 0 Å². The molecule has 0 spiro atoms. The molecule has 0 N–H and O–H groups in total. The number of carbonyl (C=O) groups excluding carboxylic acids is 1. The minimum atomic E-state index is -3.65. The zero-order chi connectivity index (χ0) is 25.0. The molecule has 1 amide bonds. The van der Waals surface area contributed by atoms with E-state index in [0.717, 1.165) is 16.0 Å². The number of fused-ring (bicyclic) bond motifs is 1. The van der Waals surface area contributed by atoms with Gasteiger partial charge in [0, 0.05) is 37.5 Å². The Hall–Kier alpha value is -2.34. The molecule has 188 valence electrons. The molecule has 1 fully saturated rings. The van der Waals surface area contributed by atoms with Gasteiger partial charge in [0.05, 0.1) is 35.2 Å². The first-order chi connectivity index (χ1) is 16.9. The highest BCUT2D eigenvalue weighted by Crippen LogP contribution is 2.33. The summed E-state index contributed by atoms with van der Waals surface area (Å²) in [6.45, 7) is 1.22. The van der Waals surface area contributed by atoms with E-state index in [1.54, 1.807) is 56.3 Å². The van der Waals surface area contributed by atoms with E-state index >= 15 is 0 Å². The number of hydrogen-bond acceptors (Lipinski definition) is 7. The average Bonchev–Trinajstić information content (AvgIpc) is 3.22. The second-order valence-electron chi connectivity index (χ2n) is 8.17. The third kappa shape index (κ3) is 5.42. The number of nitrogens with zero attached hydrogens (tertiary/aromatic N) is 3. The quantitative estimate of drug-likeness (QED) is 0.438. The Balaban J connectivity index is 1.67. The van der Waals surface area contributed by atoms with Crippen molar-refractivity contribution >= 4 is 49.2 Å². The summed E-state index contributed by atoms with van der Waals surface area (Å²) in [5.74, 6) is 1.31. The maximum Gasteiger partial charge on any atom is 0.252 e. The van der Waals surface area contributed by atoms with E-state index in [1.165, 1.54) is 15.6 Å². The lowest BCUT2D eigenvalue weighted by Crippen LogP contribution is -2.42. The molecule has 2 aromatic carbocycles. The Labute approximate surface area is 213 Å². The number of benzene rings is 2. The highest BCUT2D eigenvalue weighted by molar-refractivity contribution is 7.98. The fraction of sp³-hybridized carbons (Fsp3) is 0.417.